The summed E-state index contributed by atoms with van der Waals surface area (Å²) in [4.78, 5) is 46.3. The van der Waals surface area contributed by atoms with Gasteiger partial charge in [-0.05, 0) is 62.5 Å². The van der Waals surface area contributed by atoms with Crippen molar-refractivity contribution in [2.24, 2.45) is 0 Å². The zero-order chi connectivity index (χ0) is 30.5. The van der Waals surface area contributed by atoms with Crippen LogP contribution in [0, 0.1) is 0 Å². The molecule has 0 amide bonds. The minimum absolute atomic E-state index is 0.0234. The van der Waals surface area contributed by atoms with E-state index in [0.717, 1.165) is 62.5 Å². The Balaban J connectivity index is 0.000000238. The molecule has 2 aliphatic carbocycles. The van der Waals surface area contributed by atoms with Gasteiger partial charge < -0.3 is 18.9 Å². The number of rotatable bonds is 12. The summed E-state index contributed by atoms with van der Waals surface area (Å²) in [5.41, 5.74) is 2.18. The quantitative estimate of drug-likeness (QED) is 0.123. The van der Waals surface area contributed by atoms with Crippen LogP contribution >= 0.6 is 0 Å². The van der Waals surface area contributed by atoms with Gasteiger partial charge in [0.15, 0.2) is 0 Å². The molecule has 0 heterocycles. The molecule has 8 nitrogen and oxygen atoms in total. The summed E-state index contributed by atoms with van der Waals surface area (Å²) >= 11 is 0. The molecule has 0 unspecified atom stereocenters. The second-order valence-electron chi connectivity index (χ2n) is 10.8. The third-order valence-corrected chi connectivity index (χ3v) is 7.31. The molecule has 232 valence electrons. The lowest BCUT2D eigenvalue weighted by molar-refractivity contribution is -0.154. The molecule has 0 aromatic heterocycles. The highest BCUT2D eigenvalue weighted by molar-refractivity contribution is 5.92. The predicted octanol–water partition coefficient (Wildman–Crippen LogP) is 6.24. The van der Waals surface area contributed by atoms with E-state index in [0.29, 0.717) is 12.8 Å². The maximum atomic E-state index is 11.6. The van der Waals surface area contributed by atoms with E-state index in [1.54, 1.807) is 0 Å². The molecule has 2 aromatic carbocycles. The minimum atomic E-state index is -0.550. The highest BCUT2D eigenvalue weighted by Gasteiger charge is 2.18. The van der Waals surface area contributed by atoms with Gasteiger partial charge in [0, 0.05) is 25.0 Å². The third kappa shape index (κ3) is 15.2. The van der Waals surface area contributed by atoms with E-state index >= 15 is 0 Å². The number of hydrogen-bond donors (Lipinski definition) is 0. The summed E-state index contributed by atoms with van der Waals surface area (Å²) in [6.45, 7) is 0.528. The van der Waals surface area contributed by atoms with E-state index in [1.807, 2.05) is 60.7 Å². The zero-order valence-electron chi connectivity index (χ0n) is 25.0. The van der Waals surface area contributed by atoms with Crippen LogP contribution in [0.25, 0.3) is 0 Å². The van der Waals surface area contributed by atoms with Crippen LogP contribution in [0.4, 0.5) is 0 Å². The largest absolute Gasteiger partial charge is 0.465 e. The molecule has 0 saturated heterocycles. The molecule has 0 N–H and O–H groups in total. The van der Waals surface area contributed by atoms with Crippen LogP contribution in [-0.2, 0) is 51.0 Å². The van der Waals surface area contributed by atoms with E-state index in [2.05, 4.69) is 0 Å². The molecule has 0 radical (unpaired) electrons. The molecule has 2 aromatic rings. The van der Waals surface area contributed by atoms with E-state index in [4.69, 9.17) is 18.9 Å². The van der Waals surface area contributed by atoms with Crippen molar-refractivity contribution in [3.8, 4) is 0 Å². The Kier molecular flexibility index (Phi) is 15.6. The van der Waals surface area contributed by atoms with Crippen molar-refractivity contribution >= 4 is 23.9 Å². The van der Waals surface area contributed by atoms with Gasteiger partial charge in [-0.3, -0.25) is 9.59 Å². The van der Waals surface area contributed by atoms with Crippen molar-refractivity contribution in [1.29, 1.82) is 0 Å². The molecule has 2 aliphatic rings. The van der Waals surface area contributed by atoms with Gasteiger partial charge in [0.1, 0.15) is 18.6 Å². The second kappa shape index (κ2) is 20.1. The topological polar surface area (TPSA) is 105 Å². The van der Waals surface area contributed by atoms with Crippen LogP contribution in [0.3, 0.4) is 0 Å². The van der Waals surface area contributed by atoms with Crippen molar-refractivity contribution in [1.82, 2.24) is 0 Å². The average Bonchev–Trinajstić information content (AvgIpc) is 3.02. The molecule has 2 fully saturated rings. The van der Waals surface area contributed by atoms with Crippen molar-refractivity contribution in [2.75, 3.05) is 13.2 Å². The fourth-order valence-electron chi connectivity index (χ4n) is 4.98. The number of hydrogen-bond acceptors (Lipinski definition) is 8. The Morgan fingerprint density at radius 2 is 0.930 bits per heavy atom. The smallest absolute Gasteiger partial charge is 0.331 e. The normalized spacial score (nSPS) is 15.5. The van der Waals surface area contributed by atoms with E-state index in [9.17, 15) is 19.2 Å². The van der Waals surface area contributed by atoms with E-state index in [-0.39, 0.29) is 31.8 Å². The first-order valence-corrected chi connectivity index (χ1v) is 15.5. The standard InChI is InChI=1S/C19H20O4.C16H24O4/c20-18(22-13-11-16-7-3-1-4-8-16)15-19(21)23-14-12-17-9-5-2-6-10-17;17-15(19-13-7-3-1-4-8-13)11-12-16(18)20-14-9-5-2-6-10-14/h1-10H,11-15H2;11-14H,1-10H2/b;12-11-. The van der Waals surface area contributed by atoms with Gasteiger partial charge in [0.2, 0.25) is 0 Å². The van der Waals surface area contributed by atoms with Gasteiger partial charge in [-0.15, -0.1) is 0 Å². The molecule has 0 spiro atoms. The van der Waals surface area contributed by atoms with E-state index in [1.165, 1.54) is 25.0 Å². The van der Waals surface area contributed by atoms with Gasteiger partial charge in [0.05, 0.1) is 13.2 Å². The Labute approximate surface area is 254 Å². The lowest BCUT2D eigenvalue weighted by atomic mass is 9.98. The van der Waals surface area contributed by atoms with Gasteiger partial charge in [-0.2, -0.15) is 0 Å². The highest BCUT2D eigenvalue weighted by atomic mass is 16.6. The molecular formula is C35H44O8. The molecule has 0 atom stereocenters. The first-order chi connectivity index (χ1) is 21.0. The number of carbonyl (C=O) groups excluding carboxylic acids is 4. The van der Waals surface area contributed by atoms with Crippen LogP contribution in [0.1, 0.15) is 81.8 Å². The van der Waals surface area contributed by atoms with Crippen molar-refractivity contribution in [2.45, 2.75) is 95.7 Å². The predicted molar refractivity (Wildman–Crippen MR) is 162 cm³/mol. The first kappa shape index (κ1) is 33.6. The molecule has 0 bridgehead atoms. The molecule has 43 heavy (non-hydrogen) atoms. The van der Waals surface area contributed by atoms with Gasteiger partial charge in [0.25, 0.3) is 0 Å². The van der Waals surface area contributed by atoms with Crippen LogP contribution in [0.5, 0.6) is 0 Å². The Morgan fingerprint density at radius 1 is 0.558 bits per heavy atom. The lowest BCUT2D eigenvalue weighted by Crippen LogP contribution is -2.21. The molecule has 8 heteroatoms. The average molecular weight is 593 g/mol. The van der Waals surface area contributed by atoms with Crippen molar-refractivity contribution in [3.63, 3.8) is 0 Å². The summed E-state index contributed by atoms with van der Waals surface area (Å²) < 4.78 is 20.7. The third-order valence-electron chi connectivity index (χ3n) is 7.31. The number of esters is 4. The van der Waals surface area contributed by atoms with Crippen molar-refractivity contribution in [3.05, 3.63) is 83.9 Å². The van der Waals surface area contributed by atoms with E-state index < -0.39 is 23.9 Å². The lowest BCUT2D eigenvalue weighted by Gasteiger charge is -2.21. The molecular weight excluding hydrogens is 548 g/mol. The van der Waals surface area contributed by atoms with Crippen LogP contribution in [-0.4, -0.2) is 49.3 Å². The Morgan fingerprint density at radius 3 is 1.30 bits per heavy atom. The highest BCUT2D eigenvalue weighted by Crippen LogP contribution is 2.21. The fraction of sp³-hybridized carbons (Fsp3) is 0.486. The summed E-state index contributed by atoms with van der Waals surface area (Å²) in [6, 6.07) is 19.4. The SMILES string of the molecule is O=C(/C=C\C(=O)OC1CCCCC1)OC1CCCCC1.O=C(CC(=O)OCCc1ccccc1)OCCc1ccccc1. The summed E-state index contributed by atoms with van der Waals surface area (Å²) in [5.74, 6) is -1.97. The molecule has 2 saturated carbocycles. The summed E-state index contributed by atoms with van der Waals surface area (Å²) in [5, 5.41) is 0. The zero-order valence-corrected chi connectivity index (χ0v) is 25.0. The Hall–Kier alpha value is -3.94. The maximum absolute atomic E-state index is 11.6. The molecule has 4 rings (SSSR count). The van der Waals surface area contributed by atoms with Gasteiger partial charge in [-0.1, -0.05) is 73.5 Å². The number of carbonyl (C=O) groups is 4. The van der Waals surface area contributed by atoms with Crippen LogP contribution in [0.2, 0.25) is 0 Å². The number of benzene rings is 2. The van der Waals surface area contributed by atoms with Crippen LogP contribution < -0.4 is 0 Å². The van der Waals surface area contributed by atoms with Crippen molar-refractivity contribution < 1.29 is 38.1 Å². The fourth-order valence-corrected chi connectivity index (χ4v) is 4.98. The summed E-state index contributed by atoms with van der Waals surface area (Å²) in [6.07, 6.45) is 14.0. The van der Waals surface area contributed by atoms with Gasteiger partial charge in [-0.25, -0.2) is 9.59 Å². The number of ether oxygens (including phenoxy) is 4. The minimum Gasteiger partial charge on any atom is -0.465 e. The van der Waals surface area contributed by atoms with Gasteiger partial charge >= 0.3 is 23.9 Å². The van der Waals surface area contributed by atoms with Crippen LogP contribution in [0.15, 0.2) is 72.8 Å². The second-order valence-corrected chi connectivity index (χ2v) is 10.8. The first-order valence-electron chi connectivity index (χ1n) is 15.5. The molecule has 0 aliphatic heterocycles. The Bertz CT molecular complexity index is 1040. The maximum Gasteiger partial charge on any atom is 0.331 e. The monoisotopic (exact) mass is 592 g/mol. The summed E-state index contributed by atoms with van der Waals surface area (Å²) in [7, 11) is 0.